The first-order valence-electron chi connectivity index (χ1n) is 5.81. The fourth-order valence-electron chi connectivity index (χ4n) is 1.84. The molecular formula is C13H11N5OS. The van der Waals surface area contributed by atoms with Crippen molar-refractivity contribution in [2.24, 2.45) is 5.73 Å². The van der Waals surface area contributed by atoms with Crippen LogP contribution in [0.15, 0.2) is 46.3 Å². The number of carbonyl (C=O) groups is 1. The molecular weight excluding hydrogens is 274 g/mol. The van der Waals surface area contributed by atoms with Crippen molar-refractivity contribution in [1.29, 1.82) is 0 Å². The molecule has 3 rings (SSSR count). The van der Waals surface area contributed by atoms with Crippen LogP contribution in [0.4, 0.5) is 5.82 Å². The second kappa shape index (κ2) is 4.86. The molecule has 0 aliphatic heterocycles. The van der Waals surface area contributed by atoms with Gasteiger partial charge in [-0.1, -0.05) is 23.9 Å². The lowest BCUT2D eigenvalue weighted by atomic mass is 10.2. The predicted octanol–water partition coefficient (Wildman–Crippen LogP) is 1.79. The lowest BCUT2D eigenvalue weighted by molar-refractivity contribution is 0.0997. The van der Waals surface area contributed by atoms with Crippen molar-refractivity contribution in [3.63, 3.8) is 0 Å². The highest BCUT2D eigenvalue weighted by Crippen LogP contribution is 2.32. The highest BCUT2D eigenvalue weighted by Gasteiger charge is 2.10. The molecule has 0 bridgehead atoms. The van der Waals surface area contributed by atoms with E-state index in [-0.39, 0.29) is 0 Å². The number of nitrogens with zero attached hydrogens (tertiary/aromatic N) is 2. The van der Waals surface area contributed by atoms with Gasteiger partial charge >= 0.3 is 0 Å². The van der Waals surface area contributed by atoms with Crippen LogP contribution in [0.3, 0.4) is 0 Å². The Balaban J connectivity index is 2.01. The van der Waals surface area contributed by atoms with Gasteiger partial charge in [0.25, 0.3) is 0 Å². The monoisotopic (exact) mass is 285 g/mol. The summed E-state index contributed by atoms with van der Waals surface area (Å²) in [6.45, 7) is 0. The van der Waals surface area contributed by atoms with Crippen molar-refractivity contribution in [3.05, 3.63) is 42.1 Å². The van der Waals surface area contributed by atoms with E-state index in [0.717, 1.165) is 15.2 Å². The van der Waals surface area contributed by atoms with Gasteiger partial charge in [-0.05, 0) is 18.2 Å². The topological polar surface area (TPSA) is 111 Å². The average Bonchev–Trinajstić information content (AvgIpc) is 2.81. The molecule has 0 fully saturated rings. The Kier molecular flexibility index (Phi) is 3.03. The summed E-state index contributed by atoms with van der Waals surface area (Å²) >= 11 is 1.41. The van der Waals surface area contributed by atoms with Crippen LogP contribution < -0.4 is 11.5 Å². The number of nitrogens with two attached hydrogens (primary N) is 2. The van der Waals surface area contributed by atoms with E-state index >= 15 is 0 Å². The number of rotatable bonds is 3. The minimum atomic E-state index is -0.454. The average molecular weight is 285 g/mol. The number of aromatic amines is 1. The summed E-state index contributed by atoms with van der Waals surface area (Å²) in [5.41, 5.74) is 12.2. The molecule has 3 aromatic rings. The number of aromatic nitrogens is 3. The number of primary amides is 1. The molecule has 0 unspecified atom stereocenters. The van der Waals surface area contributed by atoms with Crippen molar-refractivity contribution in [2.45, 2.75) is 9.79 Å². The van der Waals surface area contributed by atoms with Crippen molar-refractivity contribution in [2.75, 3.05) is 5.73 Å². The largest absolute Gasteiger partial charge is 0.384 e. The number of benzene rings is 1. The van der Waals surface area contributed by atoms with E-state index in [4.69, 9.17) is 11.5 Å². The van der Waals surface area contributed by atoms with Gasteiger partial charge in [0.15, 0.2) is 5.65 Å². The number of nitrogen functional groups attached to an aromatic ring is 1. The molecule has 0 atom stereocenters. The van der Waals surface area contributed by atoms with Crippen molar-refractivity contribution < 1.29 is 4.79 Å². The molecule has 0 aliphatic carbocycles. The fraction of sp³-hybridized carbons (Fsp3) is 0. The second-order valence-corrected chi connectivity index (χ2v) is 5.26. The Hall–Kier alpha value is -2.54. The minimum absolute atomic E-state index is 0.454. The minimum Gasteiger partial charge on any atom is -0.384 e. The molecule has 2 heterocycles. The zero-order chi connectivity index (χ0) is 14.1. The first kappa shape index (κ1) is 12.5. The van der Waals surface area contributed by atoms with E-state index < -0.39 is 5.91 Å². The molecule has 0 saturated carbocycles. The van der Waals surface area contributed by atoms with Gasteiger partial charge < -0.3 is 11.5 Å². The molecule has 0 spiro atoms. The Morgan fingerprint density at radius 1 is 1.30 bits per heavy atom. The summed E-state index contributed by atoms with van der Waals surface area (Å²) < 4.78 is 0. The Labute approximate surface area is 118 Å². The molecule has 100 valence electrons. The number of fused-ring (bicyclic) bond motifs is 1. The van der Waals surface area contributed by atoms with Gasteiger partial charge in [-0.3, -0.25) is 9.89 Å². The number of nitrogens with one attached hydrogen (secondary N) is 1. The van der Waals surface area contributed by atoms with Crippen molar-refractivity contribution >= 4 is 34.5 Å². The Morgan fingerprint density at radius 3 is 2.90 bits per heavy atom. The third kappa shape index (κ3) is 2.19. The number of hydrogen-bond acceptors (Lipinski definition) is 5. The molecule has 0 saturated heterocycles. The van der Waals surface area contributed by atoms with E-state index in [2.05, 4.69) is 15.2 Å². The van der Waals surface area contributed by atoms with Gasteiger partial charge in [0.2, 0.25) is 5.91 Å². The van der Waals surface area contributed by atoms with E-state index in [0.29, 0.717) is 17.0 Å². The van der Waals surface area contributed by atoms with E-state index in [1.807, 2.05) is 18.2 Å². The summed E-state index contributed by atoms with van der Waals surface area (Å²) in [6, 6.07) is 9.05. The zero-order valence-corrected chi connectivity index (χ0v) is 11.1. The fourth-order valence-corrected chi connectivity index (χ4v) is 2.80. The van der Waals surface area contributed by atoms with Gasteiger partial charge in [0.1, 0.15) is 5.82 Å². The highest BCUT2D eigenvalue weighted by atomic mass is 32.2. The van der Waals surface area contributed by atoms with Gasteiger partial charge in [-0.2, -0.15) is 5.10 Å². The summed E-state index contributed by atoms with van der Waals surface area (Å²) in [7, 11) is 0. The van der Waals surface area contributed by atoms with Gasteiger partial charge in [-0.25, -0.2) is 4.98 Å². The Bertz CT molecular complexity index is 798. The molecule has 0 aliphatic rings. The number of anilines is 1. The van der Waals surface area contributed by atoms with Crippen LogP contribution in [0.1, 0.15) is 10.4 Å². The smallest absolute Gasteiger partial charge is 0.249 e. The Morgan fingerprint density at radius 2 is 2.10 bits per heavy atom. The normalized spacial score (nSPS) is 10.8. The van der Waals surface area contributed by atoms with Crippen LogP contribution in [0, 0.1) is 0 Å². The maximum Gasteiger partial charge on any atom is 0.249 e. The number of H-pyrrole nitrogens is 1. The van der Waals surface area contributed by atoms with E-state index in [1.165, 1.54) is 11.8 Å². The zero-order valence-electron chi connectivity index (χ0n) is 10.3. The maximum atomic E-state index is 11.4. The van der Waals surface area contributed by atoms with Crippen molar-refractivity contribution in [1.82, 2.24) is 15.2 Å². The van der Waals surface area contributed by atoms with Gasteiger partial charge in [-0.15, -0.1) is 0 Å². The van der Waals surface area contributed by atoms with Crippen LogP contribution in [0.2, 0.25) is 0 Å². The van der Waals surface area contributed by atoms with Gasteiger partial charge in [0.05, 0.1) is 10.9 Å². The maximum absolute atomic E-state index is 11.4. The van der Waals surface area contributed by atoms with Crippen LogP contribution >= 0.6 is 11.8 Å². The third-order valence-electron chi connectivity index (χ3n) is 2.79. The number of amides is 1. The van der Waals surface area contributed by atoms with E-state index in [9.17, 15) is 4.79 Å². The second-order valence-electron chi connectivity index (χ2n) is 4.14. The van der Waals surface area contributed by atoms with Crippen LogP contribution in [0.5, 0.6) is 0 Å². The van der Waals surface area contributed by atoms with Crippen molar-refractivity contribution in [3.8, 4) is 0 Å². The quantitative estimate of drug-likeness (QED) is 0.679. The number of hydrogen-bond donors (Lipinski definition) is 3. The molecule has 5 N–H and O–H groups in total. The summed E-state index contributed by atoms with van der Waals surface area (Å²) in [5.74, 6) is 0.0168. The van der Waals surface area contributed by atoms with Crippen LogP contribution in [0.25, 0.3) is 11.0 Å². The molecule has 0 radical (unpaired) electrons. The third-order valence-corrected chi connectivity index (χ3v) is 3.83. The molecule has 1 amide bonds. The number of pyridine rings is 1. The highest BCUT2D eigenvalue weighted by molar-refractivity contribution is 7.99. The lowest BCUT2D eigenvalue weighted by Gasteiger charge is -2.05. The van der Waals surface area contributed by atoms with E-state index in [1.54, 1.807) is 18.3 Å². The first-order valence-corrected chi connectivity index (χ1v) is 6.63. The molecule has 1 aromatic carbocycles. The lowest BCUT2D eigenvalue weighted by Crippen LogP contribution is -2.11. The van der Waals surface area contributed by atoms with Crippen LogP contribution in [-0.2, 0) is 0 Å². The summed E-state index contributed by atoms with van der Waals surface area (Å²) in [4.78, 5) is 17.2. The SMILES string of the molecule is NC(=O)c1ccccc1Sc1cnc2n[nH]c(N)c2c1. The summed E-state index contributed by atoms with van der Waals surface area (Å²) in [6.07, 6.45) is 1.69. The van der Waals surface area contributed by atoms with Crippen LogP contribution in [-0.4, -0.2) is 21.1 Å². The molecule has 6 nitrogen and oxygen atoms in total. The molecule has 7 heteroatoms. The summed E-state index contributed by atoms with van der Waals surface area (Å²) in [5, 5.41) is 7.40. The number of carbonyl (C=O) groups excluding carboxylic acids is 1. The molecule has 20 heavy (non-hydrogen) atoms. The van der Waals surface area contributed by atoms with Gasteiger partial charge in [0, 0.05) is 16.0 Å². The first-order chi connectivity index (χ1) is 9.65. The standard InChI is InChI=1S/C13H11N5OS/c14-11-9-5-7(6-16-13(9)18-17-11)20-10-4-2-1-3-8(10)12(15)19/h1-6H,(H2,15,19)(H3,14,16,17,18). The predicted molar refractivity (Wildman–Crippen MR) is 77.4 cm³/mol. The molecule has 2 aromatic heterocycles.